The molecule has 0 radical (unpaired) electrons. The van der Waals surface area contributed by atoms with E-state index in [-0.39, 0.29) is 11.9 Å². The molecule has 120 valence electrons. The Morgan fingerprint density at radius 3 is 3.12 bits per heavy atom. The summed E-state index contributed by atoms with van der Waals surface area (Å²) in [5.41, 5.74) is 4.26. The van der Waals surface area contributed by atoms with Crippen LogP contribution in [-0.4, -0.2) is 16.1 Å². The average molecular weight is 338 g/mol. The lowest BCUT2D eigenvalue weighted by Gasteiger charge is -2.12. The smallest absolute Gasteiger partial charge is 0.244 e. The largest absolute Gasteiger partial charge is 0.346 e. The number of hydrogen-bond donors (Lipinski definition) is 2. The van der Waals surface area contributed by atoms with E-state index in [1.54, 1.807) is 18.3 Å². The van der Waals surface area contributed by atoms with Crippen molar-refractivity contribution < 1.29 is 4.79 Å². The summed E-state index contributed by atoms with van der Waals surface area (Å²) in [6.07, 6.45) is 6.97. The molecule has 1 amide bonds. The van der Waals surface area contributed by atoms with Gasteiger partial charge in [-0.05, 0) is 47.7 Å². The van der Waals surface area contributed by atoms with Crippen LogP contribution < -0.4 is 5.32 Å². The van der Waals surface area contributed by atoms with Crippen LogP contribution >= 0.6 is 11.6 Å². The Bertz CT molecular complexity index is 945. The van der Waals surface area contributed by atoms with Crippen LogP contribution in [0.2, 0.25) is 5.02 Å². The molecule has 0 saturated heterocycles. The summed E-state index contributed by atoms with van der Waals surface area (Å²) >= 11 is 6.22. The molecule has 1 aliphatic rings. The summed E-state index contributed by atoms with van der Waals surface area (Å²) < 4.78 is 0. The van der Waals surface area contributed by atoms with E-state index >= 15 is 0 Å². The fraction of sp³-hybridized carbons (Fsp3) is 0.158. The molecule has 1 heterocycles. The minimum atomic E-state index is -0.0995. The van der Waals surface area contributed by atoms with Crippen molar-refractivity contribution in [2.24, 2.45) is 0 Å². The first-order valence-corrected chi connectivity index (χ1v) is 8.27. The number of nitrogens with zero attached hydrogens (tertiary/aromatic N) is 1. The zero-order chi connectivity index (χ0) is 16.5. The molecule has 0 saturated carbocycles. The number of H-pyrrole nitrogens is 1. The number of halogens is 1. The summed E-state index contributed by atoms with van der Waals surface area (Å²) in [6, 6.07) is 12.1. The van der Waals surface area contributed by atoms with Gasteiger partial charge in [0.2, 0.25) is 5.91 Å². The molecular formula is C19H16ClN3O. The van der Waals surface area contributed by atoms with E-state index in [4.69, 9.17) is 11.6 Å². The van der Waals surface area contributed by atoms with Crippen LogP contribution in [0.25, 0.3) is 17.0 Å². The van der Waals surface area contributed by atoms with Crippen molar-refractivity contribution in [3.63, 3.8) is 0 Å². The van der Waals surface area contributed by atoms with Gasteiger partial charge in [-0.15, -0.1) is 0 Å². The molecule has 4 nitrogen and oxygen atoms in total. The second kappa shape index (κ2) is 6.13. The summed E-state index contributed by atoms with van der Waals surface area (Å²) in [5, 5.41) is 11.4. The zero-order valence-corrected chi connectivity index (χ0v) is 13.7. The standard InChI is InChI=1S/C19H16ClN3O/c20-16-9-12(10-18-15(16)11-21-23-18)5-8-19(24)22-17-7-6-13-3-1-2-4-14(13)17/h1-5,8-11,17H,6-7H2,(H,21,23)(H,22,24)/b8-5+. The third-order valence-corrected chi connectivity index (χ3v) is 4.72. The van der Waals surface area contributed by atoms with Crippen molar-refractivity contribution in [1.82, 2.24) is 15.5 Å². The fourth-order valence-electron chi connectivity index (χ4n) is 3.22. The van der Waals surface area contributed by atoms with Crippen LogP contribution in [0.1, 0.15) is 29.2 Å². The van der Waals surface area contributed by atoms with E-state index < -0.39 is 0 Å². The monoisotopic (exact) mass is 337 g/mol. The third kappa shape index (κ3) is 2.81. The molecule has 0 bridgehead atoms. The highest BCUT2D eigenvalue weighted by Gasteiger charge is 2.22. The van der Waals surface area contributed by atoms with Gasteiger partial charge in [-0.1, -0.05) is 35.9 Å². The predicted molar refractivity (Wildman–Crippen MR) is 95.8 cm³/mol. The van der Waals surface area contributed by atoms with Gasteiger partial charge in [-0.3, -0.25) is 9.89 Å². The summed E-state index contributed by atoms with van der Waals surface area (Å²) in [5.74, 6) is -0.0995. The lowest BCUT2D eigenvalue weighted by atomic mass is 10.1. The van der Waals surface area contributed by atoms with Gasteiger partial charge in [0.25, 0.3) is 0 Å². The highest BCUT2D eigenvalue weighted by atomic mass is 35.5. The Labute approximate surface area is 144 Å². The minimum Gasteiger partial charge on any atom is -0.346 e. The summed E-state index contributed by atoms with van der Waals surface area (Å²) in [6.45, 7) is 0. The zero-order valence-electron chi connectivity index (χ0n) is 12.9. The number of aryl methyl sites for hydroxylation is 1. The molecular weight excluding hydrogens is 322 g/mol. The number of carbonyl (C=O) groups is 1. The normalized spacial score (nSPS) is 16.6. The van der Waals surface area contributed by atoms with Gasteiger partial charge in [0.15, 0.2) is 0 Å². The van der Waals surface area contributed by atoms with Crippen molar-refractivity contribution in [3.05, 3.63) is 70.4 Å². The minimum absolute atomic E-state index is 0.0945. The Kier molecular flexibility index (Phi) is 3.82. The number of hydrogen-bond acceptors (Lipinski definition) is 2. The number of benzene rings is 2. The third-order valence-electron chi connectivity index (χ3n) is 4.41. The quantitative estimate of drug-likeness (QED) is 0.709. The second-order valence-electron chi connectivity index (χ2n) is 5.97. The fourth-order valence-corrected chi connectivity index (χ4v) is 3.50. The van der Waals surface area contributed by atoms with Gasteiger partial charge in [0, 0.05) is 11.5 Å². The van der Waals surface area contributed by atoms with Crippen LogP contribution in [-0.2, 0) is 11.2 Å². The number of rotatable bonds is 3. The molecule has 0 fully saturated rings. The first-order valence-electron chi connectivity index (χ1n) is 7.90. The van der Waals surface area contributed by atoms with Gasteiger partial charge in [-0.2, -0.15) is 5.10 Å². The Hall–Kier alpha value is -2.59. The van der Waals surface area contributed by atoms with Crippen LogP contribution in [0.4, 0.5) is 0 Å². The highest BCUT2D eigenvalue weighted by Crippen LogP contribution is 2.30. The van der Waals surface area contributed by atoms with Gasteiger partial charge in [0.1, 0.15) is 0 Å². The van der Waals surface area contributed by atoms with Gasteiger partial charge >= 0.3 is 0 Å². The number of aromatic nitrogens is 2. The second-order valence-corrected chi connectivity index (χ2v) is 6.37. The van der Waals surface area contributed by atoms with E-state index in [0.717, 1.165) is 29.3 Å². The van der Waals surface area contributed by atoms with Crippen LogP contribution in [0.5, 0.6) is 0 Å². The summed E-state index contributed by atoms with van der Waals surface area (Å²) in [4.78, 5) is 12.2. The Balaban J connectivity index is 1.48. The molecule has 5 heteroatoms. The topological polar surface area (TPSA) is 57.8 Å². The first-order chi connectivity index (χ1) is 11.7. The van der Waals surface area contributed by atoms with Crippen LogP contribution in [0, 0.1) is 0 Å². The lowest BCUT2D eigenvalue weighted by molar-refractivity contribution is -0.117. The molecule has 1 aliphatic carbocycles. The van der Waals surface area contributed by atoms with Gasteiger partial charge in [0.05, 0.1) is 22.8 Å². The van der Waals surface area contributed by atoms with Crippen molar-refractivity contribution in [2.75, 3.05) is 0 Å². The molecule has 1 atom stereocenters. The number of fused-ring (bicyclic) bond motifs is 2. The SMILES string of the molecule is O=C(/C=C/c1cc(Cl)c2cn[nH]c2c1)NC1CCc2ccccc21. The number of carbonyl (C=O) groups excluding carboxylic acids is 1. The van der Waals surface area contributed by atoms with Crippen LogP contribution in [0.3, 0.4) is 0 Å². The molecule has 3 aromatic rings. The highest BCUT2D eigenvalue weighted by molar-refractivity contribution is 6.35. The van der Waals surface area contributed by atoms with E-state index in [1.165, 1.54) is 11.1 Å². The maximum Gasteiger partial charge on any atom is 0.244 e. The van der Waals surface area contributed by atoms with Crippen molar-refractivity contribution in [2.45, 2.75) is 18.9 Å². The average Bonchev–Trinajstić information content (AvgIpc) is 3.21. The maximum atomic E-state index is 12.2. The van der Waals surface area contributed by atoms with E-state index in [1.807, 2.05) is 24.3 Å². The Morgan fingerprint density at radius 2 is 2.21 bits per heavy atom. The molecule has 2 aromatic carbocycles. The lowest BCUT2D eigenvalue weighted by Crippen LogP contribution is -2.25. The number of amides is 1. The molecule has 0 aliphatic heterocycles. The van der Waals surface area contributed by atoms with Crippen molar-refractivity contribution in [1.29, 1.82) is 0 Å². The van der Waals surface area contributed by atoms with Gasteiger partial charge < -0.3 is 5.32 Å². The predicted octanol–water partition coefficient (Wildman–Crippen LogP) is 4.03. The van der Waals surface area contributed by atoms with Crippen LogP contribution in [0.15, 0.2) is 48.7 Å². The van der Waals surface area contributed by atoms with E-state index in [9.17, 15) is 4.79 Å². The van der Waals surface area contributed by atoms with Crippen molar-refractivity contribution in [3.8, 4) is 0 Å². The maximum absolute atomic E-state index is 12.2. The number of nitrogens with one attached hydrogen (secondary N) is 2. The van der Waals surface area contributed by atoms with Crippen molar-refractivity contribution >= 4 is 34.5 Å². The summed E-state index contributed by atoms with van der Waals surface area (Å²) in [7, 11) is 0. The molecule has 4 rings (SSSR count). The first kappa shape index (κ1) is 15.0. The van der Waals surface area contributed by atoms with Gasteiger partial charge in [-0.25, -0.2) is 0 Å². The Morgan fingerprint density at radius 1 is 1.33 bits per heavy atom. The molecule has 0 spiro atoms. The molecule has 24 heavy (non-hydrogen) atoms. The molecule has 1 unspecified atom stereocenters. The van der Waals surface area contributed by atoms with E-state index in [2.05, 4.69) is 27.6 Å². The number of aromatic amines is 1. The molecule has 2 N–H and O–H groups in total. The molecule has 1 aromatic heterocycles. The van der Waals surface area contributed by atoms with E-state index in [0.29, 0.717) is 5.02 Å².